The van der Waals surface area contributed by atoms with Gasteiger partial charge < -0.3 is 10.5 Å². The van der Waals surface area contributed by atoms with Gasteiger partial charge in [-0.05, 0) is 31.0 Å². The number of rotatable bonds is 4. The van der Waals surface area contributed by atoms with Gasteiger partial charge in [0, 0.05) is 18.6 Å². The van der Waals surface area contributed by atoms with E-state index in [1.165, 1.54) is 12.1 Å². The van der Waals surface area contributed by atoms with E-state index in [-0.39, 0.29) is 28.1 Å². The zero-order valence-electron chi connectivity index (χ0n) is 12.6. The molecule has 0 spiro atoms. The Morgan fingerprint density at radius 3 is 2.52 bits per heavy atom. The zero-order chi connectivity index (χ0) is 16.0. The Hall–Kier alpha value is -0.820. The van der Waals surface area contributed by atoms with Crippen molar-refractivity contribution in [3.8, 4) is 0 Å². The summed E-state index contributed by atoms with van der Waals surface area (Å²) in [6, 6.07) is 2.75. The van der Waals surface area contributed by atoms with Gasteiger partial charge in [0.15, 0.2) is 0 Å². The Morgan fingerprint density at radius 2 is 2.05 bits per heavy atom. The first kappa shape index (κ1) is 16.5. The number of nitrogens with one attached hydrogen (secondary N) is 1. The van der Waals surface area contributed by atoms with E-state index < -0.39 is 10.0 Å². The predicted octanol–water partition coefficient (Wildman–Crippen LogP) is 2.32. The van der Waals surface area contributed by atoms with Gasteiger partial charge in [-0.2, -0.15) is 0 Å². The summed E-state index contributed by atoms with van der Waals surface area (Å²) < 4.78 is 33.0. The normalized spacial score (nSPS) is 24.6. The smallest absolute Gasteiger partial charge is 0.240 e. The Labute approximate surface area is 130 Å². The molecule has 1 saturated carbocycles. The van der Waals surface area contributed by atoms with Crippen molar-refractivity contribution >= 4 is 27.3 Å². The van der Waals surface area contributed by atoms with Crippen molar-refractivity contribution in [2.24, 2.45) is 5.41 Å². The molecule has 21 heavy (non-hydrogen) atoms. The van der Waals surface area contributed by atoms with Crippen LogP contribution in [0.1, 0.15) is 25.8 Å². The summed E-state index contributed by atoms with van der Waals surface area (Å²) in [5.74, 6) is 0. The van der Waals surface area contributed by atoms with Crippen LogP contribution >= 0.6 is 11.6 Å². The number of nitrogen functional groups attached to an aromatic ring is 1. The Morgan fingerprint density at radius 1 is 1.43 bits per heavy atom. The van der Waals surface area contributed by atoms with Crippen LogP contribution in [0.15, 0.2) is 17.0 Å². The molecular weight excluding hydrogens is 312 g/mol. The highest BCUT2D eigenvalue weighted by Crippen LogP contribution is 2.43. The SMILES string of the molecule is COC1CC(NS(=O)(=O)c2cc(C)c(Cl)c(N)c2)C1(C)C. The molecule has 0 heterocycles. The number of halogens is 1. The van der Waals surface area contributed by atoms with Gasteiger partial charge >= 0.3 is 0 Å². The van der Waals surface area contributed by atoms with Gasteiger partial charge in [0.25, 0.3) is 0 Å². The molecule has 5 nitrogen and oxygen atoms in total. The van der Waals surface area contributed by atoms with Crippen LogP contribution in [0.3, 0.4) is 0 Å². The third kappa shape index (κ3) is 2.90. The standard InChI is InChI=1S/C14H21ClN2O3S/c1-8-5-9(6-10(16)13(8)15)21(18,19)17-11-7-12(20-4)14(11,2)3/h5-6,11-12,17H,7,16H2,1-4H3. The lowest BCUT2D eigenvalue weighted by Crippen LogP contribution is -2.61. The van der Waals surface area contributed by atoms with Crippen LogP contribution in [0, 0.1) is 12.3 Å². The van der Waals surface area contributed by atoms with Gasteiger partial charge in [-0.3, -0.25) is 0 Å². The number of aryl methyl sites for hydroxylation is 1. The van der Waals surface area contributed by atoms with Crippen molar-refractivity contribution in [1.29, 1.82) is 0 Å². The molecule has 1 aromatic carbocycles. The number of ether oxygens (including phenoxy) is 1. The molecule has 118 valence electrons. The van der Waals surface area contributed by atoms with Crippen LogP contribution in [-0.2, 0) is 14.8 Å². The molecule has 1 aliphatic rings. The molecule has 7 heteroatoms. The van der Waals surface area contributed by atoms with Crippen molar-refractivity contribution in [1.82, 2.24) is 4.72 Å². The van der Waals surface area contributed by atoms with Crippen molar-refractivity contribution < 1.29 is 13.2 Å². The predicted molar refractivity (Wildman–Crippen MR) is 83.9 cm³/mol. The molecular formula is C14H21ClN2O3S. The van der Waals surface area contributed by atoms with Crippen LogP contribution in [0.5, 0.6) is 0 Å². The molecule has 0 aromatic heterocycles. The summed E-state index contributed by atoms with van der Waals surface area (Å²) in [6.07, 6.45) is 0.715. The van der Waals surface area contributed by atoms with Gasteiger partial charge in [0.2, 0.25) is 10.0 Å². The van der Waals surface area contributed by atoms with Crippen molar-refractivity contribution in [2.75, 3.05) is 12.8 Å². The summed E-state index contributed by atoms with van der Waals surface area (Å²) in [6.45, 7) is 5.70. The molecule has 0 radical (unpaired) electrons. The molecule has 1 aromatic rings. The molecule has 2 atom stereocenters. The number of sulfonamides is 1. The van der Waals surface area contributed by atoms with Crippen LogP contribution in [0.25, 0.3) is 0 Å². The maximum absolute atomic E-state index is 12.5. The largest absolute Gasteiger partial charge is 0.397 e. The fraction of sp³-hybridized carbons (Fsp3) is 0.571. The van der Waals surface area contributed by atoms with Crippen molar-refractivity contribution in [2.45, 2.75) is 44.2 Å². The Kier molecular flexibility index (Phi) is 4.28. The van der Waals surface area contributed by atoms with E-state index in [0.29, 0.717) is 17.0 Å². The number of methoxy groups -OCH3 is 1. The first-order chi connectivity index (χ1) is 9.59. The van der Waals surface area contributed by atoms with E-state index in [4.69, 9.17) is 22.1 Å². The highest BCUT2D eigenvalue weighted by molar-refractivity contribution is 7.89. The number of benzene rings is 1. The summed E-state index contributed by atoms with van der Waals surface area (Å²) in [4.78, 5) is 0.138. The van der Waals surface area contributed by atoms with Gasteiger partial charge in [-0.1, -0.05) is 25.4 Å². The van der Waals surface area contributed by atoms with Crippen LogP contribution < -0.4 is 10.5 Å². The molecule has 3 N–H and O–H groups in total. The highest BCUT2D eigenvalue weighted by Gasteiger charge is 2.50. The molecule has 0 saturated heterocycles. The van der Waals surface area contributed by atoms with E-state index >= 15 is 0 Å². The lowest BCUT2D eigenvalue weighted by molar-refractivity contribution is -0.0908. The number of nitrogens with two attached hydrogens (primary N) is 1. The summed E-state index contributed by atoms with van der Waals surface area (Å²) in [7, 11) is -1.99. The summed E-state index contributed by atoms with van der Waals surface area (Å²) in [5.41, 5.74) is 6.41. The maximum atomic E-state index is 12.5. The van der Waals surface area contributed by atoms with Crippen molar-refractivity contribution in [3.05, 3.63) is 22.7 Å². The quantitative estimate of drug-likeness (QED) is 0.829. The lowest BCUT2D eigenvalue weighted by Gasteiger charge is -2.50. The minimum atomic E-state index is -3.63. The van der Waals surface area contributed by atoms with Crippen LogP contribution in [0.4, 0.5) is 5.69 Å². The van der Waals surface area contributed by atoms with E-state index in [9.17, 15) is 8.42 Å². The second kappa shape index (κ2) is 5.43. The van der Waals surface area contributed by atoms with Crippen LogP contribution in [0.2, 0.25) is 5.02 Å². The lowest BCUT2D eigenvalue weighted by atomic mass is 9.65. The second-order valence-corrected chi connectivity index (χ2v) is 8.19. The maximum Gasteiger partial charge on any atom is 0.240 e. The monoisotopic (exact) mass is 332 g/mol. The van der Waals surface area contributed by atoms with E-state index in [0.717, 1.165) is 0 Å². The van der Waals surface area contributed by atoms with Gasteiger partial charge in [-0.25, -0.2) is 13.1 Å². The molecule has 2 rings (SSSR count). The van der Waals surface area contributed by atoms with E-state index in [1.54, 1.807) is 14.0 Å². The van der Waals surface area contributed by atoms with E-state index in [2.05, 4.69) is 4.72 Å². The third-order valence-corrected chi connectivity index (χ3v) is 6.29. The molecule has 1 fully saturated rings. The number of anilines is 1. The molecule has 2 unspecified atom stereocenters. The zero-order valence-corrected chi connectivity index (χ0v) is 14.2. The summed E-state index contributed by atoms with van der Waals surface area (Å²) >= 11 is 5.97. The molecule has 0 aliphatic heterocycles. The third-order valence-electron chi connectivity index (χ3n) is 4.33. The van der Waals surface area contributed by atoms with E-state index in [1.807, 2.05) is 13.8 Å². The number of hydrogen-bond donors (Lipinski definition) is 2. The highest BCUT2D eigenvalue weighted by atomic mass is 35.5. The minimum Gasteiger partial charge on any atom is -0.397 e. The molecule has 0 amide bonds. The Balaban J connectivity index is 2.25. The summed E-state index contributed by atoms with van der Waals surface area (Å²) in [5, 5.41) is 0.386. The number of hydrogen-bond acceptors (Lipinski definition) is 4. The topological polar surface area (TPSA) is 81.4 Å². The fourth-order valence-corrected chi connectivity index (χ4v) is 4.29. The first-order valence-corrected chi connectivity index (χ1v) is 8.56. The van der Waals surface area contributed by atoms with Crippen molar-refractivity contribution in [3.63, 3.8) is 0 Å². The molecule has 1 aliphatic carbocycles. The molecule has 0 bridgehead atoms. The average molecular weight is 333 g/mol. The fourth-order valence-electron chi connectivity index (χ4n) is 2.66. The van der Waals surface area contributed by atoms with Gasteiger partial charge in [-0.15, -0.1) is 0 Å². The first-order valence-electron chi connectivity index (χ1n) is 6.70. The minimum absolute atomic E-state index is 0.0576. The average Bonchev–Trinajstić information content (AvgIpc) is 2.39. The second-order valence-electron chi connectivity index (χ2n) is 6.10. The van der Waals surface area contributed by atoms with Gasteiger partial charge in [0.1, 0.15) is 0 Å². The van der Waals surface area contributed by atoms with Crippen LogP contribution in [-0.4, -0.2) is 27.7 Å². The van der Waals surface area contributed by atoms with Gasteiger partial charge in [0.05, 0.1) is 21.7 Å². The Bertz CT molecular complexity index is 635.